The lowest BCUT2D eigenvalue weighted by atomic mass is 10.1. The fraction of sp³-hybridized carbons (Fsp3) is 0.200. The second-order valence-corrected chi connectivity index (χ2v) is 6.26. The number of fused-ring (bicyclic) bond motifs is 1. The predicted octanol–water partition coefficient (Wildman–Crippen LogP) is 3.92. The van der Waals surface area contributed by atoms with Crippen LogP contribution in [0.4, 0.5) is 19.0 Å². The van der Waals surface area contributed by atoms with Gasteiger partial charge in [0.1, 0.15) is 6.17 Å². The average Bonchev–Trinajstić information content (AvgIpc) is 2.51. The van der Waals surface area contributed by atoms with Crippen molar-refractivity contribution in [1.82, 2.24) is 9.88 Å². The molecule has 10 heteroatoms. The van der Waals surface area contributed by atoms with Crippen molar-refractivity contribution in [3.05, 3.63) is 45.4 Å². The molecule has 1 aliphatic heterocycles. The summed E-state index contributed by atoms with van der Waals surface area (Å²) in [6, 6.07) is 4.85. The van der Waals surface area contributed by atoms with E-state index in [0.717, 1.165) is 12.1 Å². The zero-order valence-electron chi connectivity index (χ0n) is 12.8. The fourth-order valence-electron chi connectivity index (χ4n) is 2.44. The van der Waals surface area contributed by atoms with E-state index < -0.39 is 17.9 Å². The average molecular weight is 390 g/mol. The van der Waals surface area contributed by atoms with Gasteiger partial charge in [-0.2, -0.15) is 18.2 Å². The van der Waals surface area contributed by atoms with Crippen LogP contribution >= 0.6 is 23.2 Å². The summed E-state index contributed by atoms with van der Waals surface area (Å²) in [5, 5.41) is -0.331. The maximum Gasteiger partial charge on any atom is 0.416 e. The number of alkyl halides is 3. The molecule has 1 aliphatic rings. The molecule has 0 amide bonds. The highest BCUT2D eigenvalue weighted by molar-refractivity contribution is 6.39. The van der Waals surface area contributed by atoms with E-state index in [-0.39, 0.29) is 33.1 Å². The first-order chi connectivity index (χ1) is 11.6. The summed E-state index contributed by atoms with van der Waals surface area (Å²) >= 11 is 12.0. The minimum absolute atomic E-state index is 0.165. The van der Waals surface area contributed by atoms with Gasteiger partial charge in [0, 0.05) is 18.2 Å². The van der Waals surface area contributed by atoms with Crippen LogP contribution in [0.2, 0.25) is 10.0 Å². The molecule has 0 aliphatic carbocycles. The topological polar surface area (TPSA) is 80.5 Å². The first-order valence-corrected chi connectivity index (χ1v) is 7.75. The Morgan fingerprint density at radius 1 is 1.16 bits per heavy atom. The molecule has 0 saturated heterocycles. The van der Waals surface area contributed by atoms with E-state index in [4.69, 9.17) is 34.7 Å². The summed E-state index contributed by atoms with van der Waals surface area (Å²) in [6.07, 6.45) is -5.09. The highest BCUT2D eigenvalue weighted by Gasteiger charge is 2.32. The van der Waals surface area contributed by atoms with E-state index in [9.17, 15) is 13.2 Å². The normalized spacial score (nSPS) is 17.3. The van der Waals surface area contributed by atoms with Crippen molar-refractivity contribution in [2.75, 3.05) is 7.05 Å². The summed E-state index contributed by atoms with van der Waals surface area (Å²) in [5.41, 5.74) is 12.0. The van der Waals surface area contributed by atoms with Gasteiger partial charge >= 0.3 is 6.18 Å². The van der Waals surface area contributed by atoms with Crippen LogP contribution in [0.15, 0.2) is 29.3 Å². The lowest BCUT2D eigenvalue weighted by Gasteiger charge is -2.30. The SMILES string of the molecule is CN1C(N)=Nc2nc(-c3c(Cl)cc(C(F)(F)F)cc3Cl)ccc2C1N. The van der Waals surface area contributed by atoms with Gasteiger partial charge < -0.3 is 16.4 Å². The van der Waals surface area contributed by atoms with Gasteiger partial charge in [-0.3, -0.25) is 0 Å². The van der Waals surface area contributed by atoms with Gasteiger partial charge in [-0.25, -0.2) is 4.98 Å². The van der Waals surface area contributed by atoms with Crippen LogP contribution in [0, 0.1) is 0 Å². The van der Waals surface area contributed by atoms with E-state index in [0.29, 0.717) is 5.56 Å². The number of halogens is 5. The molecular formula is C15H12Cl2F3N5. The van der Waals surface area contributed by atoms with Crippen LogP contribution in [0.1, 0.15) is 17.3 Å². The quantitative estimate of drug-likeness (QED) is 0.774. The molecule has 2 heterocycles. The molecule has 25 heavy (non-hydrogen) atoms. The highest BCUT2D eigenvalue weighted by Crippen LogP contribution is 2.41. The molecule has 2 aromatic rings. The largest absolute Gasteiger partial charge is 0.416 e. The smallest absolute Gasteiger partial charge is 0.369 e. The Balaban J connectivity index is 2.13. The van der Waals surface area contributed by atoms with Crippen molar-refractivity contribution in [3.8, 4) is 11.3 Å². The first kappa shape index (κ1) is 17.8. The van der Waals surface area contributed by atoms with E-state index in [1.165, 1.54) is 0 Å². The second kappa shape index (κ2) is 6.05. The molecule has 1 aromatic heterocycles. The van der Waals surface area contributed by atoms with Gasteiger partial charge in [0.25, 0.3) is 0 Å². The first-order valence-electron chi connectivity index (χ1n) is 6.99. The van der Waals surface area contributed by atoms with Gasteiger partial charge in [-0.15, -0.1) is 0 Å². The number of nitrogens with two attached hydrogens (primary N) is 2. The van der Waals surface area contributed by atoms with Crippen molar-refractivity contribution in [3.63, 3.8) is 0 Å². The Hall–Kier alpha value is -2.03. The Kier molecular flexibility index (Phi) is 4.30. The Labute approximate surface area is 151 Å². The molecule has 0 fully saturated rings. The predicted molar refractivity (Wildman–Crippen MR) is 90.7 cm³/mol. The van der Waals surface area contributed by atoms with Crippen LogP contribution in [-0.2, 0) is 6.18 Å². The second-order valence-electron chi connectivity index (χ2n) is 5.45. The number of aromatic nitrogens is 1. The maximum atomic E-state index is 12.8. The van der Waals surface area contributed by atoms with Crippen LogP contribution in [-0.4, -0.2) is 22.9 Å². The third-order valence-corrected chi connectivity index (χ3v) is 4.44. The van der Waals surface area contributed by atoms with Gasteiger partial charge in [0.05, 0.1) is 21.3 Å². The summed E-state index contributed by atoms with van der Waals surface area (Å²) in [6.45, 7) is 0. The zero-order valence-corrected chi connectivity index (χ0v) is 14.3. The molecular weight excluding hydrogens is 378 g/mol. The molecule has 5 nitrogen and oxygen atoms in total. The van der Waals surface area contributed by atoms with Crippen molar-refractivity contribution >= 4 is 35.0 Å². The molecule has 0 saturated carbocycles. The molecule has 0 radical (unpaired) electrons. The van der Waals surface area contributed by atoms with Crippen LogP contribution in [0.3, 0.4) is 0 Å². The van der Waals surface area contributed by atoms with Crippen molar-refractivity contribution in [2.45, 2.75) is 12.3 Å². The van der Waals surface area contributed by atoms with Crippen LogP contribution < -0.4 is 11.5 Å². The van der Waals surface area contributed by atoms with E-state index >= 15 is 0 Å². The monoisotopic (exact) mass is 389 g/mol. The fourth-order valence-corrected chi connectivity index (χ4v) is 3.12. The molecule has 1 atom stereocenters. The Bertz CT molecular complexity index is 859. The minimum Gasteiger partial charge on any atom is -0.369 e. The number of benzene rings is 1. The summed E-state index contributed by atoms with van der Waals surface area (Å²) in [5.74, 6) is 0.446. The number of hydrogen-bond acceptors (Lipinski definition) is 5. The number of hydrogen-bond donors (Lipinski definition) is 2. The van der Waals surface area contributed by atoms with E-state index in [1.807, 2.05) is 0 Å². The molecule has 4 N–H and O–H groups in total. The van der Waals surface area contributed by atoms with Gasteiger partial charge in [0.2, 0.25) is 0 Å². The van der Waals surface area contributed by atoms with Crippen LogP contribution in [0.5, 0.6) is 0 Å². The Morgan fingerprint density at radius 3 is 2.32 bits per heavy atom. The number of aliphatic imine (C=N–C) groups is 1. The molecule has 3 rings (SSSR count). The number of pyridine rings is 1. The van der Waals surface area contributed by atoms with E-state index in [2.05, 4.69) is 9.98 Å². The third kappa shape index (κ3) is 3.12. The number of rotatable bonds is 1. The molecule has 1 unspecified atom stereocenters. The number of guanidine groups is 1. The van der Waals surface area contributed by atoms with Crippen molar-refractivity contribution in [2.24, 2.45) is 16.5 Å². The van der Waals surface area contributed by atoms with E-state index in [1.54, 1.807) is 24.1 Å². The van der Waals surface area contributed by atoms with Crippen molar-refractivity contribution < 1.29 is 13.2 Å². The standard InChI is InChI=1S/C15H12Cl2F3N5/c1-25-12(21)7-2-3-10(23-13(7)24-14(25)22)11-8(16)4-6(5-9(11)17)15(18,19)20/h2-5,12H,21H2,1H3,(H2,22,23,24). The summed E-state index contributed by atoms with van der Waals surface area (Å²) in [4.78, 5) is 10.0. The van der Waals surface area contributed by atoms with Gasteiger partial charge in [-0.1, -0.05) is 23.2 Å². The highest BCUT2D eigenvalue weighted by atomic mass is 35.5. The third-order valence-electron chi connectivity index (χ3n) is 3.85. The lowest BCUT2D eigenvalue weighted by Crippen LogP contribution is -2.43. The number of nitrogens with zero attached hydrogens (tertiary/aromatic N) is 3. The Morgan fingerprint density at radius 2 is 1.76 bits per heavy atom. The van der Waals surface area contributed by atoms with Crippen molar-refractivity contribution in [1.29, 1.82) is 0 Å². The summed E-state index contributed by atoms with van der Waals surface area (Å²) in [7, 11) is 1.68. The molecule has 1 aromatic carbocycles. The van der Waals surface area contributed by atoms with Gasteiger partial charge in [0.15, 0.2) is 11.8 Å². The molecule has 0 spiro atoms. The van der Waals surface area contributed by atoms with Crippen LogP contribution in [0.25, 0.3) is 11.3 Å². The zero-order chi connectivity index (χ0) is 18.5. The molecule has 132 valence electrons. The maximum absolute atomic E-state index is 12.8. The lowest BCUT2D eigenvalue weighted by molar-refractivity contribution is -0.137. The minimum atomic E-state index is -4.55. The molecule has 0 bridgehead atoms. The summed E-state index contributed by atoms with van der Waals surface area (Å²) < 4.78 is 38.5. The van der Waals surface area contributed by atoms with Gasteiger partial charge in [-0.05, 0) is 24.3 Å².